The lowest BCUT2D eigenvalue weighted by Crippen LogP contribution is -2.14. The Morgan fingerprint density at radius 2 is 2.00 bits per heavy atom. The van der Waals surface area contributed by atoms with E-state index in [-0.39, 0.29) is 5.91 Å². The average molecular weight is 189 g/mol. The number of nitrogens with two attached hydrogens (primary N) is 1. The molecular weight excluding hydrogens is 174 g/mol. The molecule has 0 fully saturated rings. The number of rotatable bonds is 4. The highest BCUT2D eigenvalue weighted by Crippen LogP contribution is 2.08. The Kier molecular flexibility index (Phi) is 3.92. The van der Waals surface area contributed by atoms with Crippen molar-refractivity contribution < 1.29 is 4.79 Å². The maximum atomic E-state index is 10.9. The van der Waals surface area contributed by atoms with Crippen molar-refractivity contribution in [3.05, 3.63) is 47.5 Å². The normalized spacial score (nSPS) is 11.4. The zero-order chi connectivity index (χ0) is 10.4. The van der Waals surface area contributed by atoms with Crippen molar-refractivity contribution in [1.82, 2.24) is 0 Å². The third-order valence-corrected chi connectivity index (χ3v) is 2.19. The van der Waals surface area contributed by atoms with Gasteiger partial charge >= 0.3 is 0 Å². The van der Waals surface area contributed by atoms with Gasteiger partial charge in [-0.15, -0.1) is 0 Å². The number of primary amides is 1. The highest BCUT2D eigenvalue weighted by atomic mass is 16.1. The summed E-state index contributed by atoms with van der Waals surface area (Å²) < 4.78 is 0. The van der Waals surface area contributed by atoms with Crippen molar-refractivity contribution >= 4 is 5.91 Å². The molecule has 2 nitrogen and oxygen atoms in total. The van der Waals surface area contributed by atoms with Crippen LogP contribution < -0.4 is 5.73 Å². The zero-order valence-electron chi connectivity index (χ0n) is 8.36. The minimum atomic E-state index is -0.316. The Morgan fingerprint density at radius 3 is 2.50 bits per heavy atom. The number of carbonyl (C=O) groups excluding carboxylic acids is 1. The van der Waals surface area contributed by atoms with E-state index in [1.165, 1.54) is 5.56 Å². The third kappa shape index (κ3) is 3.05. The maximum absolute atomic E-state index is 10.9. The summed E-state index contributed by atoms with van der Waals surface area (Å²) in [4.78, 5) is 10.9. The number of aryl methyl sites for hydroxylation is 1. The second-order valence-electron chi connectivity index (χ2n) is 3.16. The van der Waals surface area contributed by atoms with Crippen LogP contribution in [0.1, 0.15) is 18.9 Å². The molecule has 1 rings (SSSR count). The second-order valence-corrected chi connectivity index (χ2v) is 3.16. The Labute approximate surface area is 84.4 Å². The van der Waals surface area contributed by atoms with Crippen molar-refractivity contribution in [2.24, 2.45) is 5.73 Å². The molecule has 0 aliphatic carbocycles. The molecule has 0 radical (unpaired) electrons. The standard InChI is InChI=1S/C12H15NO/c1-2-11(12(13)14)9-8-10-6-4-3-5-7-10/h2-7H,8-9H2,1H3,(H2,13,14)/b11-2+. The summed E-state index contributed by atoms with van der Waals surface area (Å²) in [6.45, 7) is 1.84. The summed E-state index contributed by atoms with van der Waals surface area (Å²) >= 11 is 0. The van der Waals surface area contributed by atoms with Crippen LogP contribution in [0.3, 0.4) is 0 Å². The molecule has 1 aromatic carbocycles. The average Bonchev–Trinajstić information content (AvgIpc) is 2.20. The SMILES string of the molecule is C/C=C(\CCc1ccccc1)C(N)=O. The van der Waals surface area contributed by atoms with Crippen LogP contribution in [0.4, 0.5) is 0 Å². The molecule has 74 valence electrons. The van der Waals surface area contributed by atoms with E-state index in [2.05, 4.69) is 0 Å². The highest BCUT2D eigenvalue weighted by molar-refractivity contribution is 5.91. The summed E-state index contributed by atoms with van der Waals surface area (Å²) in [6.07, 6.45) is 3.37. The Balaban J connectivity index is 2.53. The largest absolute Gasteiger partial charge is 0.366 e. The predicted octanol–water partition coefficient (Wildman–Crippen LogP) is 2.05. The van der Waals surface area contributed by atoms with Crippen LogP contribution in [0.5, 0.6) is 0 Å². The Morgan fingerprint density at radius 1 is 1.36 bits per heavy atom. The quantitative estimate of drug-likeness (QED) is 0.724. The van der Waals surface area contributed by atoms with Gasteiger partial charge in [0.05, 0.1) is 0 Å². The Hall–Kier alpha value is -1.57. The summed E-state index contributed by atoms with van der Waals surface area (Å²) in [6, 6.07) is 10.1. The van der Waals surface area contributed by atoms with Gasteiger partial charge in [-0.1, -0.05) is 36.4 Å². The lowest BCUT2D eigenvalue weighted by atomic mass is 10.0. The lowest BCUT2D eigenvalue weighted by molar-refractivity contribution is -0.114. The molecule has 0 saturated heterocycles. The van der Waals surface area contributed by atoms with Gasteiger partial charge in [0.25, 0.3) is 0 Å². The van der Waals surface area contributed by atoms with E-state index in [1.54, 1.807) is 6.08 Å². The lowest BCUT2D eigenvalue weighted by Gasteiger charge is -2.02. The van der Waals surface area contributed by atoms with E-state index in [4.69, 9.17) is 5.73 Å². The molecule has 1 amide bonds. The smallest absolute Gasteiger partial charge is 0.244 e. The number of carbonyl (C=O) groups is 1. The predicted molar refractivity (Wildman–Crippen MR) is 57.7 cm³/mol. The van der Waals surface area contributed by atoms with Gasteiger partial charge < -0.3 is 5.73 Å². The first-order chi connectivity index (χ1) is 6.74. The summed E-state index contributed by atoms with van der Waals surface area (Å²) in [5.41, 5.74) is 7.14. The van der Waals surface area contributed by atoms with E-state index in [0.29, 0.717) is 5.57 Å². The molecule has 0 aliphatic heterocycles. The molecule has 0 aromatic heterocycles. The van der Waals surface area contributed by atoms with Gasteiger partial charge in [0.15, 0.2) is 0 Å². The zero-order valence-corrected chi connectivity index (χ0v) is 8.36. The fraction of sp³-hybridized carbons (Fsp3) is 0.250. The van der Waals surface area contributed by atoms with Gasteiger partial charge in [0.2, 0.25) is 5.91 Å². The fourth-order valence-electron chi connectivity index (χ4n) is 1.33. The summed E-state index contributed by atoms with van der Waals surface area (Å²) in [5, 5.41) is 0. The molecule has 1 aromatic rings. The molecule has 0 unspecified atom stereocenters. The van der Waals surface area contributed by atoms with E-state index < -0.39 is 0 Å². The van der Waals surface area contributed by atoms with E-state index >= 15 is 0 Å². The van der Waals surface area contributed by atoms with Crippen LogP contribution in [0, 0.1) is 0 Å². The number of allylic oxidation sites excluding steroid dienone is 1. The van der Waals surface area contributed by atoms with E-state index in [0.717, 1.165) is 12.8 Å². The van der Waals surface area contributed by atoms with Crippen molar-refractivity contribution in [3.8, 4) is 0 Å². The maximum Gasteiger partial charge on any atom is 0.244 e. The van der Waals surface area contributed by atoms with Crippen molar-refractivity contribution in [2.75, 3.05) is 0 Å². The molecule has 2 heteroatoms. The van der Waals surface area contributed by atoms with Crippen molar-refractivity contribution in [2.45, 2.75) is 19.8 Å². The summed E-state index contributed by atoms with van der Waals surface area (Å²) in [5.74, 6) is -0.316. The molecule has 0 spiro atoms. The van der Waals surface area contributed by atoms with Crippen LogP contribution >= 0.6 is 0 Å². The molecule has 0 bridgehead atoms. The number of hydrogen-bond donors (Lipinski definition) is 1. The van der Waals surface area contributed by atoms with E-state index in [1.807, 2.05) is 37.3 Å². The Bertz CT molecular complexity index is 327. The molecule has 0 atom stereocenters. The third-order valence-electron chi connectivity index (χ3n) is 2.19. The van der Waals surface area contributed by atoms with Gasteiger partial charge in [-0.3, -0.25) is 4.79 Å². The van der Waals surface area contributed by atoms with Crippen molar-refractivity contribution in [1.29, 1.82) is 0 Å². The number of hydrogen-bond acceptors (Lipinski definition) is 1. The number of amides is 1. The molecular formula is C12H15NO. The first-order valence-electron chi connectivity index (χ1n) is 4.73. The van der Waals surface area contributed by atoms with Gasteiger partial charge in [-0.05, 0) is 25.3 Å². The molecule has 14 heavy (non-hydrogen) atoms. The van der Waals surface area contributed by atoms with Gasteiger partial charge in [0, 0.05) is 5.57 Å². The molecule has 0 saturated carbocycles. The van der Waals surface area contributed by atoms with Gasteiger partial charge in [-0.25, -0.2) is 0 Å². The van der Waals surface area contributed by atoms with Gasteiger partial charge in [-0.2, -0.15) is 0 Å². The fourth-order valence-corrected chi connectivity index (χ4v) is 1.33. The van der Waals surface area contributed by atoms with Gasteiger partial charge in [0.1, 0.15) is 0 Å². The highest BCUT2D eigenvalue weighted by Gasteiger charge is 2.02. The van der Waals surface area contributed by atoms with Crippen LogP contribution in [0.15, 0.2) is 42.0 Å². The number of benzene rings is 1. The van der Waals surface area contributed by atoms with Crippen LogP contribution in [0.2, 0.25) is 0 Å². The summed E-state index contributed by atoms with van der Waals surface area (Å²) in [7, 11) is 0. The van der Waals surface area contributed by atoms with Crippen LogP contribution in [-0.4, -0.2) is 5.91 Å². The minimum Gasteiger partial charge on any atom is -0.366 e. The topological polar surface area (TPSA) is 43.1 Å². The van der Waals surface area contributed by atoms with E-state index in [9.17, 15) is 4.79 Å². The first-order valence-corrected chi connectivity index (χ1v) is 4.73. The monoisotopic (exact) mass is 189 g/mol. The van der Waals surface area contributed by atoms with Crippen molar-refractivity contribution in [3.63, 3.8) is 0 Å². The van der Waals surface area contributed by atoms with Crippen LogP contribution in [0.25, 0.3) is 0 Å². The first kappa shape index (κ1) is 10.5. The molecule has 0 aliphatic rings. The van der Waals surface area contributed by atoms with Crippen LogP contribution in [-0.2, 0) is 11.2 Å². The minimum absolute atomic E-state index is 0.316. The molecule has 0 heterocycles. The second kappa shape index (κ2) is 5.22. The molecule has 2 N–H and O–H groups in total.